The molecule has 1 aromatic rings. The SMILES string of the molecule is CC/C=C(/C)C(=O)NCC(O)c1ccsc1. The maximum absolute atomic E-state index is 11.5. The molecule has 0 aromatic carbocycles. The zero-order valence-electron chi connectivity index (χ0n) is 9.56. The molecule has 0 saturated heterocycles. The monoisotopic (exact) mass is 239 g/mol. The molecule has 3 nitrogen and oxygen atoms in total. The molecule has 0 aliphatic heterocycles. The van der Waals surface area contributed by atoms with Gasteiger partial charge in [-0.25, -0.2) is 0 Å². The van der Waals surface area contributed by atoms with Gasteiger partial charge in [0.15, 0.2) is 0 Å². The van der Waals surface area contributed by atoms with E-state index in [4.69, 9.17) is 0 Å². The van der Waals surface area contributed by atoms with Gasteiger partial charge in [-0.2, -0.15) is 11.3 Å². The van der Waals surface area contributed by atoms with Crippen molar-refractivity contribution >= 4 is 17.2 Å². The first-order valence-corrected chi connectivity index (χ1v) is 6.24. The molecule has 0 fully saturated rings. The highest BCUT2D eigenvalue weighted by Gasteiger charge is 2.10. The first kappa shape index (κ1) is 12.9. The van der Waals surface area contributed by atoms with E-state index in [1.165, 1.54) is 11.3 Å². The molecule has 1 amide bonds. The van der Waals surface area contributed by atoms with Gasteiger partial charge in [0.2, 0.25) is 5.91 Å². The zero-order chi connectivity index (χ0) is 12.0. The van der Waals surface area contributed by atoms with Crippen molar-refractivity contribution in [2.75, 3.05) is 6.54 Å². The van der Waals surface area contributed by atoms with Crippen molar-refractivity contribution in [2.45, 2.75) is 26.4 Å². The topological polar surface area (TPSA) is 49.3 Å². The second-order valence-electron chi connectivity index (χ2n) is 3.58. The van der Waals surface area contributed by atoms with Gasteiger partial charge in [-0.05, 0) is 35.7 Å². The number of carbonyl (C=O) groups is 1. The second-order valence-corrected chi connectivity index (χ2v) is 4.36. The van der Waals surface area contributed by atoms with E-state index in [1.54, 1.807) is 6.92 Å². The summed E-state index contributed by atoms with van der Waals surface area (Å²) < 4.78 is 0. The van der Waals surface area contributed by atoms with Gasteiger partial charge in [-0.15, -0.1) is 0 Å². The van der Waals surface area contributed by atoms with E-state index < -0.39 is 6.10 Å². The van der Waals surface area contributed by atoms with Crippen molar-refractivity contribution in [3.63, 3.8) is 0 Å². The Morgan fingerprint density at radius 1 is 1.69 bits per heavy atom. The Bertz CT molecular complexity index is 357. The average molecular weight is 239 g/mol. The third-order valence-electron chi connectivity index (χ3n) is 2.25. The number of allylic oxidation sites excluding steroid dienone is 1. The number of aliphatic hydroxyl groups excluding tert-OH is 1. The lowest BCUT2D eigenvalue weighted by Gasteiger charge is -2.10. The normalized spacial score (nSPS) is 13.6. The summed E-state index contributed by atoms with van der Waals surface area (Å²) in [7, 11) is 0. The molecule has 88 valence electrons. The van der Waals surface area contributed by atoms with E-state index in [0.29, 0.717) is 5.57 Å². The Hall–Kier alpha value is -1.13. The fourth-order valence-corrected chi connectivity index (χ4v) is 2.02. The van der Waals surface area contributed by atoms with Crippen molar-refractivity contribution in [1.82, 2.24) is 5.32 Å². The largest absolute Gasteiger partial charge is 0.387 e. The van der Waals surface area contributed by atoms with E-state index in [2.05, 4.69) is 5.32 Å². The van der Waals surface area contributed by atoms with Crippen LogP contribution >= 0.6 is 11.3 Å². The number of nitrogens with one attached hydrogen (secondary N) is 1. The molecular formula is C12H17NO2S. The number of hydrogen-bond acceptors (Lipinski definition) is 3. The Morgan fingerprint density at radius 2 is 2.44 bits per heavy atom. The van der Waals surface area contributed by atoms with Crippen LogP contribution in [0.25, 0.3) is 0 Å². The molecule has 0 aliphatic carbocycles. The summed E-state index contributed by atoms with van der Waals surface area (Å²) in [4.78, 5) is 11.5. The summed E-state index contributed by atoms with van der Waals surface area (Å²) in [6.45, 7) is 4.01. The molecule has 0 aliphatic rings. The van der Waals surface area contributed by atoms with Crippen LogP contribution in [-0.4, -0.2) is 17.6 Å². The lowest BCUT2D eigenvalue weighted by atomic mass is 10.2. The first-order valence-electron chi connectivity index (χ1n) is 5.30. The Kier molecular flexibility index (Phi) is 5.22. The van der Waals surface area contributed by atoms with E-state index in [-0.39, 0.29) is 12.5 Å². The molecule has 1 heterocycles. The van der Waals surface area contributed by atoms with Gasteiger partial charge in [-0.3, -0.25) is 4.79 Å². The van der Waals surface area contributed by atoms with Crippen LogP contribution in [0.5, 0.6) is 0 Å². The minimum absolute atomic E-state index is 0.115. The summed E-state index contributed by atoms with van der Waals surface area (Å²) in [5, 5.41) is 16.2. The van der Waals surface area contributed by atoms with Crippen LogP contribution in [0.15, 0.2) is 28.5 Å². The van der Waals surface area contributed by atoms with Gasteiger partial charge >= 0.3 is 0 Å². The van der Waals surface area contributed by atoms with Gasteiger partial charge in [0.05, 0.1) is 6.10 Å². The lowest BCUT2D eigenvalue weighted by Crippen LogP contribution is -2.28. The standard InChI is InChI=1S/C12H17NO2S/c1-3-4-9(2)12(15)13-7-11(14)10-5-6-16-8-10/h4-6,8,11,14H,3,7H2,1-2H3,(H,13,15)/b9-4-. The number of aliphatic hydroxyl groups is 1. The van der Waals surface area contributed by atoms with Gasteiger partial charge < -0.3 is 10.4 Å². The van der Waals surface area contributed by atoms with E-state index >= 15 is 0 Å². The molecule has 2 N–H and O–H groups in total. The van der Waals surface area contributed by atoms with E-state index in [0.717, 1.165) is 12.0 Å². The van der Waals surface area contributed by atoms with Crippen molar-refractivity contribution in [3.05, 3.63) is 34.0 Å². The molecule has 0 bridgehead atoms. The number of thiophene rings is 1. The van der Waals surface area contributed by atoms with Crippen molar-refractivity contribution < 1.29 is 9.90 Å². The second kappa shape index (κ2) is 6.45. The predicted molar refractivity (Wildman–Crippen MR) is 66.3 cm³/mol. The van der Waals surface area contributed by atoms with Gasteiger partial charge in [0, 0.05) is 12.1 Å². The molecule has 1 atom stereocenters. The summed E-state index contributed by atoms with van der Waals surface area (Å²) in [6.07, 6.45) is 2.09. The van der Waals surface area contributed by atoms with Crippen LogP contribution < -0.4 is 5.32 Å². The third kappa shape index (κ3) is 3.79. The highest BCUT2D eigenvalue weighted by molar-refractivity contribution is 7.07. The van der Waals surface area contributed by atoms with Crippen molar-refractivity contribution in [2.24, 2.45) is 0 Å². The molecule has 1 rings (SSSR count). The molecule has 16 heavy (non-hydrogen) atoms. The summed E-state index contributed by atoms with van der Waals surface area (Å²) in [5.74, 6) is -0.115. The van der Waals surface area contributed by atoms with Crippen LogP contribution in [0.4, 0.5) is 0 Å². The molecule has 4 heteroatoms. The first-order chi connectivity index (χ1) is 7.65. The number of rotatable bonds is 5. The fourth-order valence-electron chi connectivity index (χ4n) is 1.31. The van der Waals surface area contributed by atoms with Crippen molar-refractivity contribution in [3.8, 4) is 0 Å². The molecule has 0 spiro atoms. The van der Waals surface area contributed by atoms with Gasteiger partial charge in [0.25, 0.3) is 0 Å². The number of carbonyl (C=O) groups excluding carboxylic acids is 1. The molecular weight excluding hydrogens is 222 g/mol. The minimum atomic E-state index is -0.621. The quantitative estimate of drug-likeness (QED) is 0.774. The predicted octanol–water partition coefficient (Wildman–Crippen LogP) is 2.25. The average Bonchev–Trinajstić information content (AvgIpc) is 2.79. The van der Waals surface area contributed by atoms with Crippen LogP contribution in [0.3, 0.4) is 0 Å². The van der Waals surface area contributed by atoms with Gasteiger partial charge in [0.1, 0.15) is 0 Å². The summed E-state index contributed by atoms with van der Waals surface area (Å²) in [5.41, 5.74) is 1.54. The smallest absolute Gasteiger partial charge is 0.246 e. The van der Waals surface area contributed by atoms with Gasteiger partial charge in [-0.1, -0.05) is 13.0 Å². The zero-order valence-corrected chi connectivity index (χ0v) is 10.4. The summed E-state index contributed by atoms with van der Waals surface area (Å²) in [6, 6.07) is 1.86. The molecule has 0 radical (unpaired) electrons. The van der Waals surface area contributed by atoms with Crippen LogP contribution in [0.1, 0.15) is 31.9 Å². The Morgan fingerprint density at radius 3 is 3.00 bits per heavy atom. The maximum Gasteiger partial charge on any atom is 0.246 e. The highest BCUT2D eigenvalue weighted by atomic mass is 32.1. The Labute approximate surface area is 99.8 Å². The third-order valence-corrected chi connectivity index (χ3v) is 2.95. The number of hydrogen-bond donors (Lipinski definition) is 2. The molecule has 1 unspecified atom stereocenters. The van der Waals surface area contributed by atoms with Crippen molar-refractivity contribution in [1.29, 1.82) is 0 Å². The minimum Gasteiger partial charge on any atom is -0.387 e. The maximum atomic E-state index is 11.5. The molecule has 1 aromatic heterocycles. The van der Waals surface area contributed by atoms with Crippen LogP contribution in [0.2, 0.25) is 0 Å². The Balaban J connectivity index is 2.40. The molecule has 0 saturated carbocycles. The van der Waals surface area contributed by atoms with E-state index in [1.807, 2.05) is 29.8 Å². The lowest BCUT2D eigenvalue weighted by molar-refractivity contribution is -0.117. The van der Waals surface area contributed by atoms with Crippen LogP contribution in [-0.2, 0) is 4.79 Å². The van der Waals surface area contributed by atoms with Crippen LogP contribution in [0, 0.1) is 0 Å². The summed E-state index contributed by atoms with van der Waals surface area (Å²) >= 11 is 1.53. The fraction of sp³-hybridized carbons (Fsp3) is 0.417. The highest BCUT2D eigenvalue weighted by Crippen LogP contribution is 2.15. The van der Waals surface area contributed by atoms with E-state index in [9.17, 15) is 9.90 Å². The number of amides is 1.